The van der Waals surface area contributed by atoms with Crippen LogP contribution in [-0.2, 0) is 0 Å². The average molecular weight is 267 g/mol. The van der Waals surface area contributed by atoms with Crippen LogP contribution in [0.15, 0.2) is 18.2 Å². The molecule has 1 heterocycles. The predicted octanol–water partition coefficient (Wildman–Crippen LogP) is 4.07. The van der Waals surface area contributed by atoms with Crippen molar-refractivity contribution >= 4 is 11.8 Å². The minimum atomic E-state index is -0.123. The quantitative estimate of drug-likeness (QED) is 0.863. The maximum Gasteiger partial charge on any atom is 0.123 e. The van der Waals surface area contributed by atoms with Crippen molar-refractivity contribution in [3.63, 3.8) is 0 Å². The second kappa shape index (κ2) is 6.58. The Labute approximate surface area is 114 Å². The number of rotatable bonds is 5. The maximum absolute atomic E-state index is 13.5. The van der Waals surface area contributed by atoms with E-state index in [2.05, 4.69) is 19.2 Å². The van der Waals surface area contributed by atoms with Crippen LogP contribution >= 0.6 is 11.8 Å². The Morgan fingerprint density at radius 2 is 2.33 bits per heavy atom. The minimum absolute atomic E-state index is 0.123. The molecule has 0 radical (unpaired) electrons. The highest BCUT2D eigenvalue weighted by atomic mass is 32.2. The number of hydrogen-bond donors (Lipinski definition) is 1. The van der Waals surface area contributed by atoms with Crippen molar-refractivity contribution in [2.24, 2.45) is 0 Å². The second-order valence-corrected chi connectivity index (χ2v) is 6.33. The molecule has 1 fully saturated rings. The molecule has 0 amide bonds. The van der Waals surface area contributed by atoms with Gasteiger partial charge in [-0.25, -0.2) is 4.39 Å². The number of halogens is 1. The zero-order valence-corrected chi connectivity index (χ0v) is 12.0. The van der Waals surface area contributed by atoms with Gasteiger partial charge in [-0.2, -0.15) is 11.8 Å². The molecule has 1 nitrogen and oxygen atoms in total. The molecular formula is C15H22FNS. The van der Waals surface area contributed by atoms with Gasteiger partial charge in [-0.15, -0.1) is 0 Å². The summed E-state index contributed by atoms with van der Waals surface area (Å²) in [4.78, 5) is 0. The molecular weight excluding hydrogens is 245 g/mol. The largest absolute Gasteiger partial charge is 0.309 e. The Morgan fingerprint density at radius 3 is 3.00 bits per heavy atom. The molecule has 0 aliphatic carbocycles. The monoisotopic (exact) mass is 267 g/mol. The van der Waals surface area contributed by atoms with Crippen LogP contribution in [0.2, 0.25) is 0 Å². The van der Waals surface area contributed by atoms with Gasteiger partial charge in [0.15, 0.2) is 0 Å². The molecule has 1 N–H and O–H groups in total. The van der Waals surface area contributed by atoms with Crippen LogP contribution in [0.25, 0.3) is 0 Å². The van der Waals surface area contributed by atoms with Crippen molar-refractivity contribution in [3.8, 4) is 0 Å². The number of aryl methyl sites for hydroxylation is 1. The number of benzene rings is 1. The van der Waals surface area contributed by atoms with Gasteiger partial charge >= 0.3 is 0 Å². The van der Waals surface area contributed by atoms with E-state index >= 15 is 0 Å². The smallest absolute Gasteiger partial charge is 0.123 e. The van der Waals surface area contributed by atoms with E-state index in [9.17, 15) is 4.39 Å². The van der Waals surface area contributed by atoms with Gasteiger partial charge in [-0.1, -0.05) is 13.0 Å². The lowest BCUT2D eigenvalue weighted by molar-refractivity contribution is 0.498. The van der Waals surface area contributed by atoms with E-state index in [4.69, 9.17) is 0 Å². The first kappa shape index (κ1) is 13.9. The topological polar surface area (TPSA) is 12.0 Å². The molecule has 100 valence electrons. The minimum Gasteiger partial charge on any atom is -0.309 e. The predicted molar refractivity (Wildman–Crippen MR) is 77.7 cm³/mol. The molecule has 0 bridgehead atoms. The van der Waals surface area contributed by atoms with E-state index in [1.165, 1.54) is 24.2 Å². The third-order valence-corrected chi connectivity index (χ3v) is 4.99. The average Bonchev–Trinajstić information content (AvgIpc) is 2.88. The summed E-state index contributed by atoms with van der Waals surface area (Å²) < 4.78 is 13.5. The standard InChI is InChI=1S/C15H22FNS/c1-3-8-17-15(14-5-4-9-18-14)13-10-12(16)7-6-11(13)2/h6-7,10,14-15,17H,3-5,8-9H2,1-2H3. The van der Waals surface area contributed by atoms with Crippen LogP contribution in [0, 0.1) is 12.7 Å². The fourth-order valence-electron chi connectivity index (χ4n) is 2.55. The molecule has 2 unspecified atom stereocenters. The van der Waals surface area contributed by atoms with Crippen LogP contribution in [0.4, 0.5) is 4.39 Å². The van der Waals surface area contributed by atoms with Gasteiger partial charge in [-0.05, 0) is 61.7 Å². The van der Waals surface area contributed by atoms with Crippen LogP contribution < -0.4 is 5.32 Å². The van der Waals surface area contributed by atoms with E-state index in [-0.39, 0.29) is 5.82 Å². The highest BCUT2D eigenvalue weighted by molar-refractivity contribution is 8.00. The van der Waals surface area contributed by atoms with E-state index in [1.54, 1.807) is 12.1 Å². The fraction of sp³-hybridized carbons (Fsp3) is 0.600. The first-order valence-electron chi connectivity index (χ1n) is 6.83. The van der Waals surface area contributed by atoms with Crippen LogP contribution in [0.1, 0.15) is 43.4 Å². The normalized spacial score (nSPS) is 21.2. The summed E-state index contributed by atoms with van der Waals surface area (Å²) in [7, 11) is 0. The summed E-state index contributed by atoms with van der Waals surface area (Å²) in [6.07, 6.45) is 3.64. The van der Waals surface area contributed by atoms with Crippen molar-refractivity contribution in [2.45, 2.75) is 44.4 Å². The fourth-order valence-corrected chi connectivity index (χ4v) is 3.96. The van der Waals surface area contributed by atoms with Crippen LogP contribution in [0.5, 0.6) is 0 Å². The molecule has 2 rings (SSSR count). The molecule has 0 spiro atoms. The van der Waals surface area contributed by atoms with Gasteiger partial charge in [0.25, 0.3) is 0 Å². The molecule has 0 aromatic heterocycles. The summed E-state index contributed by atoms with van der Waals surface area (Å²) in [5, 5.41) is 4.20. The molecule has 1 aromatic carbocycles. The molecule has 3 heteroatoms. The van der Waals surface area contributed by atoms with Crippen molar-refractivity contribution in [3.05, 3.63) is 35.1 Å². The van der Waals surface area contributed by atoms with Gasteiger partial charge in [0.05, 0.1) is 0 Å². The van der Waals surface area contributed by atoms with E-state index in [0.717, 1.165) is 18.5 Å². The van der Waals surface area contributed by atoms with Crippen LogP contribution in [-0.4, -0.2) is 17.5 Å². The Kier molecular flexibility index (Phi) is 5.07. The van der Waals surface area contributed by atoms with E-state index in [0.29, 0.717) is 11.3 Å². The Hall–Kier alpha value is -0.540. The number of nitrogens with one attached hydrogen (secondary N) is 1. The second-order valence-electron chi connectivity index (χ2n) is 4.98. The number of hydrogen-bond acceptors (Lipinski definition) is 2. The van der Waals surface area contributed by atoms with Gasteiger partial charge in [0.1, 0.15) is 5.82 Å². The summed E-state index contributed by atoms with van der Waals surface area (Å²) in [6, 6.07) is 5.46. The SMILES string of the molecule is CCCNC(c1cc(F)ccc1C)C1CCCS1. The summed E-state index contributed by atoms with van der Waals surface area (Å²) in [5.41, 5.74) is 2.33. The van der Waals surface area contributed by atoms with Crippen molar-refractivity contribution in [1.29, 1.82) is 0 Å². The molecule has 1 saturated heterocycles. The zero-order valence-electron chi connectivity index (χ0n) is 11.2. The van der Waals surface area contributed by atoms with E-state index < -0.39 is 0 Å². The molecule has 2 atom stereocenters. The highest BCUT2D eigenvalue weighted by Gasteiger charge is 2.27. The third kappa shape index (κ3) is 3.27. The van der Waals surface area contributed by atoms with Gasteiger partial charge < -0.3 is 5.32 Å². The third-order valence-electron chi connectivity index (χ3n) is 3.53. The van der Waals surface area contributed by atoms with E-state index in [1.807, 2.05) is 17.8 Å². The first-order chi connectivity index (χ1) is 8.72. The van der Waals surface area contributed by atoms with Crippen LogP contribution in [0.3, 0.4) is 0 Å². The number of thioether (sulfide) groups is 1. The van der Waals surface area contributed by atoms with Crippen molar-refractivity contribution in [2.75, 3.05) is 12.3 Å². The molecule has 0 saturated carbocycles. The van der Waals surface area contributed by atoms with Gasteiger partial charge in [-0.3, -0.25) is 0 Å². The molecule has 1 aromatic rings. The highest BCUT2D eigenvalue weighted by Crippen LogP contribution is 2.37. The Bertz CT molecular complexity index is 388. The molecule has 1 aliphatic heterocycles. The summed E-state index contributed by atoms with van der Waals surface area (Å²) in [6.45, 7) is 5.25. The molecule has 18 heavy (non-hydrogen) atoms. The Morgan fingerprint density at radius 1 is 1.50 bits per heavy atom. The van der Waals surface area contributed by atoms with Gasteiger partial charge in [0.2, 0.25) is 0 Å². The Balaban J connectivity index is 2.23. The molecule has 1 aliphatic rings. The lowest BCUT2D eigenvalue weighted by atomic mass is 9.96. The lowest BCUT2D eigenvalue weighted by Gasteiger charge is -2.26. The lowest BCUT2D eigenvalue weighted by Crippen LogP contribution is -2.30. The van der Waals surface area contributed by atoms with Crippen molar-refractivity contribution in [1.82, 2.24) is 5.32 Å². The zero-order chi connectivity index (χ0) is 13.0. The first-order valence-corrected chi connectivity index (χ1v) is 7.88. The van der Waals surface area contributed by atoms with Gasteiger partial charge in [0, 0.05) is 11.3 Å². The maximum atomic E-state index is 13.5. The van der Waals surface area contributed by atoms with Crippen molar-refractivity contribution < 1.29 is 4.39 Å². The summed E-state index contributed by atoms with van der Waals surface area (Å²) in [5.74, 6) is 1.12. The summed E-state index contributed by atoms with van der Waals surface area (Å²) >= 11 is 2.03.